The number of aliphatic hydroxyl groups excluding tert-OH is 1. The molecule has 24 heavy (non-hydrogen) atoms. The summed E-state index contributed by atoms with van der Waals surface area (Å²) in [4.78, 5) is 11.2. The summed E-state index contributed by atoms with van der Waals surface area (Å²) in [5, 5.41) is 10.4. The molecule has 0 fully saturated rings. The van der Waals surface area contributed by atoms with Gasteiger partial charge in [-0.05, 0) is 43.3 Å². The minimum absolute atomic E-state index is 0.0267. The second kappa shape index (κ2) is 7.23. The van der Waals surface area contributed by atoms with Crippen molar-refractivity contribution in [2.45, 2.75) is 13.0 Å². The van der Waals surface area contributed by atoms with Crippen LogP contribution in [0.1, 0.15) is 18.3 Å². The van der Waals surface area contributed by atoms with Crippen molar-refractivity contribution in [3.05, 3.63) is 66.0 Å². The van der Waals surface area contributed by atoms with Crippen molar-refractivity contribution in [3.8, 4) is 0 Å². The molecule has 4 heteroatoms. The monoisotopic (exact) mass is 319 g/mol. The molecule has 0 aliphatic rings. The number of hydrogen-bond donors (Lipinski definition) is 1. The average Bonchev–Trinajstić information content (AvgIpc) is 2.65. The second-order valence-corrected chi connectivity index (χ2v) is 5.83. The van der Waals surface area contributed by atoms with Gasteiger partial charge in [-0.1, -0.05) is 30.3 Å². The first-order chi connectivity index (χ1) is 11.7. The molecule has 4 nitrogen and oxygen atoms in total. The van der Waals surface area contributed by atoms with Crippen LogP contribution in [0.15, 0.2) is 54.6 Å². The molecule has 0 amide bonds. The Bertz CT molecular complexity index is 860. The molecule has 2 heterocycles. The number of benzene rings is 1. The van der Waals surface area contributed by atoms with Gasteiger partial charge in [-0.2, -0.15) is 0 Å². The van der Waals surface area contributed by atoms with Crippen LogP contribution in [0.2, 0.25) is 0 Å². The van der Waals surface area contributed by atoms with Crippen molar-refractivity contribution in [1.29, 1.82) is 0 Å². The highest BCUT2D eigenvalue weighted by Crippen LogP contribution is 2.16. The summed E-state index contributed by atoms with van der Waals surface area (Å²) in [5.74, 6) is 0.838. The lowest BCUT2D eigenvalue weighted by molar-refractivity contribution is 0.270. The van der Waals surface area contributed by atoms with Crippen LogP contribution >= 0.6 is 0 Å². The van der Waals surface area contributed by atoms with Crippen LogP contribution in [-0.2, 0) is 0 Å². The van der Waals surface area contributed by atoms with E-state index in [1.807, 2.05) is 73.5 Å². The molecule has 2 aromatic heterocycles. The second-order valence-electron chi connectivity index (χ2n) is 5.83. The summed E-state index contributed by atoms with van der Waals surface area (Å²) < 4.78 is 0. The Balaban J connectivity index is 1.83. The van der Waals surface area contributed by atoms with E-state index < -0.39 is 0 Å². The number of pyridine rings is 2. The molecule has 0 saturated heterocycles. The lowest BCUT2D eigenvalue weighted by atomic mass is 10.2. The first-order valence-corrected chi connectivity index (χ1v) is 8.02. The van der Waals surface area contributed by atoms with E-state index >= 15 is 0 Å². The zero-order valence-electron chi connectivity index (χ0n) is 13.9. The molecular weight excluding hydrogens is 298 g/mol. The molecule has 0 radical (unpaired) electrons. The van der Waals surface area contributed by atoms with Gasteiger partial charge in [0.05, 0.1) is 29.6 Å². The SMILES string of the molecule is CC(CO)N(C)c1cccc(/C=C/c2ccc3ccccc3n2)n1. The standard InChI is InChI=1S/C20H21N3O/c1-15(14-24)23(2)20-9-5-7-17(22-20)12-13-18-11-10-16-6-3-4-8-19(16)21-18/h3-13,15,24H,14H2,1-2H3/b13-12+. The Labute approximate surface area is 142 Å². The topological polar surface area (TPSA) is 49.2 Å². The molecule has 0 bridgehead atoms. The van der Waals surface area contributed by atoms with Gasteiger partial charge in [0.25, 0.3) is 0 Å². The van der Waals surface area contributed by atoms with Gasteiger partial charge in [0.15, 0.2) is 0 Å². The van der Waals surface area contributed by atoms with Crippen molar-refractivity contribution >= 4 is 28.9 Å². The number of para-hydroxylation sites is 1. The van der Waals surface area contributed by atoms with Crippen LogP contribution in [0.3, 0.4) is 0 Å². The van der Waals surface area contributed by atoms with Crippen LogP contribution in [0, 0.1) is 0 Å². The maximum Gasteiger partial charge on any atom is 0.129 e. The zero-order valence-corrected chi connectivity index (χ0v) is 13.9. The van der Waals surface area contributed by atoms with Crippen molar-refractivity contribution < 1.29 is 5.11 Å². The molecule has 3 aromatic rings. The third-order valence-corrected chi connectivity index (χ3v) is 4.09. The largest absolute Gasteiger partial charge is 0.394 e. The lowest BCUT2D eigenvalue weighted by Gasteiger charge is -2.24. The molecule has 1 unspecified atom stereocenters. The summed E-state index contributed by atoms with van der Waals surface area (Å²) in [5.41, 5.74) is 2.75. The number of rotatable bonds is 5. The smallest absolute Gasteiger partial charge is 0.129 e. The summed E-state index contributed by atoms with van der Waals surface area (Å²) in [6.45, 7) is 2.06. The Morgan fingerprint density at radius 3 is 2.50 bits per heavy atom. The summed E-state index contributed by atoms with van der Waals surface area (Å²) >= 11 is 0. The van der Waals surface area contributed by atoms with E-state index in [4.69, 9.17) is 0 Å². The molecule has 1 N–H and O–H groups in total. The van der Waals surface area contributed by atoms with Gasteiger partial charge in [-0.25, -0.2) is 9.97 Å². The van der Waals surface area contributed by atoms with Crippen molar-refractivity contribution in [3.63, 3.8) is 0 Å². The third kappa shape index (κ3) is 3.60. The number of aromatic nitrogens is 2. The van der Waals surface area contributed by atoms with E-state index in [1.54, 1.807) is 0 Å². The third-order valence-electron chi connectivity index (χ3n) is 4.09. The molecule has 122 valence electrons. The van der Waals surface area contributed by atoms with Gasteiger partial charge in [-0.3, -0.25) is 0 Å². The van der Waals surface area contributed by atoms with Crippen molar-refractivity contribution in [2.75, 3.05) is 18.6 Å². The fourth-order valence-corrected chi connectivity index (χ4v) is 2.42. The van der Waals surface area contributed by atoms with Gasteiger partial charge in [0.1, 0.15) is 5.82 Å². The van der Waals surface area contributed by atoms with Crippen LogP contribution in [-0.4, -0.2) is 34.8 Å². The van der Waals surface area contributed by atoms with Gasteiger partial charge in [-0.15, -0.1) is 0 Å². The normalized spacial score (nSPS) is 12.6. The Kier molecular flexibility index (Phi) is 4.87. The van der Waals surface area contributed by atoms with E-state index in [-0.39, 0.29) is 12.6 Å². The fourth-order valence-electron chi connectivity index (χ4n) is 2.42. The maximum absolute atomic E-state index is 9.28. The number of anilines is 1. The van der Waals surface area contributed by atoms with Crippen molar-refractivity contribution in [1.82, 2.24) is 9.97 Å². The van der Waals surface area contributed by atoms with Crippen LogP contribution in [0.4, 0.5) is 5.82 Å². The maximum atomic E-state index is 9.28. The molecule has 0 spiro atoms. The molecule has 1 atom stereocenters. The van der Waals surface area contributed by atoms with Gasteiger partial charge in [0.2, 0.25) is 0 Å². The predicted molar refractivity (Wildman–Crippen MR) is 99.9 cm³/mol. The lowest BCUT2D eigenvalue weighted by Crippen LogP contribution is -2.32. The number of likely N-dealkylation sites (N-methyl/N-ethyl adjacent to an activating group) is 1. The van der Waals surface area contributed by atoms with Crippen molar-refractivity contribution in [2.24, 2.45) is 0 Å². The highest BCUT2D eigenvalue weighted by atomic mass is 16.3. The van der Waals surface area contributed by atoms with Crippen LogP contribution < -0.4 is 4.90 Å². The van der Waals surface area contributed by atoms with E-state index in [2.05, 4.69) is 22.1 Å². The minimum Gasteiger partial charge on any atom is -0.394 e. The molecule has 1 aromatic carbocycles. The Hall–Kier alpha value is -2.72. The van der Waals surface area contributed by atoms with E-state index in [0.29, 0.717) is 0 Å². The number of nitrogens with zero attached hydrogens (tertiary/aromatic N) is 3. The minimum atomic E-state index is 0.0267. The summed E-state index contributed by atoms with van der Waals surface area (Å²) in [6, 6.07) is 18.0. The van der Waals surface area contributed by atoms with Gasteiger partial charge >= 0.3 is 0 Å². The molecule has 0 aliphatic heterocycles. The quantitative estimate of drug-likeness (QED) is 0.780. The summed E-state index contributed by atoms with van der Waals surface area (Å²) in [6.07, 6.45) is 3.92. The van der Waals surface area contributed by atoms with Gasteiger partial charge in [0, 0.05) is 12.4 Å². The summed E-state index contributed by atoms with van der Waals surface area (Å²) in [7, 11) is 1.93. The van der Waals surface area contributed by atoms with E-state index in [9.17, 15) is 5.11 Å². The Morgan fingerprint density at radius 2 is 1.71 bits per heavy atom. The van der Waals surface area contributed by atoms with Gasteiger partial charge < -0.3 is 10.0 Å². The fraction of sp³-hybridized carbons (Fsp3) is 0.200. The number of fused-ring (bicyclic) bond motifs is 1. The molecule has 0 saturated carbocycles. The molecule has 0 aliphatic carbocycles. The number of hydrogen-bond acceptors (Lipinski definition) is 4. The number of aliphatic hydroxyl groups is 1. The molecule has 3 rings (SSSR count). The first-order valence-electron chi connectivity index (χ1n) is 8.02. The first kappa shape index (κ1) is 16.1. The van der Waals surface area contributed by atoms with Crippen LogP contribution in [0.25, 0.3) is 23.1 Å². The zero-order chi connectivity index (χ0) is 16.9. The highest BCUT2D eigenvalue weighted by molar-refractivity contribution is 5.80. The van der Waals surface area contributed by atoms with E-state index in [0.717, 1.165) is 28.1 Å². The molecular formula is C20H21N3O. The Morgan fingerprint density at radius 1 is 0.958 bits per heavy atom. The highest BCUT2D eigenvalue weighted by Gasteiger charge is 2.09. The van der Waals surface area contributed by atoms with Crippen LogP contribution in [0.5, 0.6) is 0 Å². The average molecular weight is 319 g/mol. The van der Waals surface area contributed by atoms with E-state index in [1.165, 1.54) is 0 Å². The predicted octanol–water partition coefficient (Wildman–Crippen LogP) is 3.62.